The van der Waals surface area contributed by atoms with E-state index in [1.807, 2.05) is 0 Å². The molecule has 1 heterocycles. The smallest absolute Gasteiger partial charge is 0.263 e. The van der Waals surface area contributed by atoms with Gasteiger partial charge in [0.05, 0.1) is 4.90 Å². The molecular weight excluding hydrogens is 280 g/mol. The van der Waals surface area contributed by atoms with E-state index in [2.05, 4.69) is 0 Å². The summed E-state index contributed by atoms with van der Waals surface area (Å²) in [6.07, 6.45) is 1.90. The summed E-state index contributed by atoms with van der Waals surface area (Å²) < 4.78 is 28.2. The molecule has 3 rings (SSSR count). The van der Waals surface area contributed by atoms with Gasteiger partial charge in [-0.05, 0) is 36.6 Å². The van der Waals surface area contributed by atoms with E-state index in [0.29, 0.717) is 23.8 Å². The summed E-state index contributed by atoms with van der Waals surface area (Å²) in [5.74, 6) is 0.501. The summed E-state index contributed by atoms with van der Waals surface area (Å²) in [6.45, 7) is 0. The highest BCUT2D eigenvalue weighted by Crippen LogP contribution is 2.33. The van der Waals surface area contributed by atoms with E-state index in [1.54, 1.807) is 18.0 Å². The fourth-order valence-corrected chi connectivity index (χ4v) is 2.97. The maximum Gasteiger partial charge on any atom is 0.263 e. The van der Waals surface area contributed by atoms with Crippen LogP contribution in [0.4, 0.5) is 0 Å². The second-order valence-corrected chi connectivity index (χ2v) is 6.87. The zero-order chi connectivity index (χ0) is 14.5. The molecule has 2 aliphatic rings. The Morgan fingerprint density at radius 2 is 2.10 bits per heavy atom. The first-order chi connectivity index (χ1) is 9.36. The minimum Gasteiger partial charge on any atom is -0.480 e. The van der Waals surface area contributed by atoms with Gasteiger partial charge in [0.1, 0.15) is 5.75 Å². The van der Waals surface area contributed by atoms with Crippen LogP contribution in [0.15, 0.2) is 23.1 Å². The molecule has 1 aliphatic carbocycles. The van der Waals surface area contributed by atoms with Crippen LogP contribution >= 0.6 is 0 Å². The molecule has 1 saturated carbocycles. The maximum atomic E-state index is 12.2. The Balaban J connectivity index is 1.80. The summed E-state index contributed by atoms with van der Waals surface area (Å²) in [5.41, 5.74) is 0.707. The van der Waals surface area contributed by atoms with Crippen molar-refractivity contribution in [2.45, 2.75) is 36.3 Å². The van der Waals surface area contributed by atoms with Crippen molar-refractivity contribution in [1.82, 2.24) is 4.90 Å². The molecule has 7 heteroatoms. The molecule has 0 radical (unpaired) electrons. The number of nitrogens with two attached hydrogens (primary N) is 1. The van der Waals surface area contributed by atoms with Gasteiger partial charge in [0.15, 0.2) is 6.10 Å². The van der Waals surface area contributed by atoms with Crippen molar-refractivity contribution in [2.24, 2.45) is 5.14 Å². The van der Waals surface area contributed by atoms with Crippen LogP contribution in [-0.2, 0) is 21.2 Å². The lowest BCUT2D eigenvalue weighted by atomic mass is 10.1. The van der Waals surface area contributed by atoms with Gasteiger partial charge in [-0.25, -0.2) is 13.6 Å². The molecule has 0 aromatic heterocycles. The van der Waals surface area contributed by atoms with Gasteiger partial charge in [-0.3, -0.25) is 4.79 Å². The zero-order valence-electron chi connectivity index (χ0n) is 11.1. The first kappa shape index (κ1) is 13.4. The lowest BCUT2D eigenvalue weighted by molar-refractivity contribution is -0.137. The molecule has 1 aromatic rings. The van der Waals surface area contributed by atoms with Gasteiger partial charge in [0, 0.05) is 19.5 Å². The number of likely N-dealkylation sites (N-methyl/N-ethyl adjacent to an activating group) is 1. The van der Waals surface area contributed by atoms with Crippen LogP contribution in [0.3, 0.4) is 0 Å². The van der Waals surface area contributed by atoms with Crippen molar-refractivity contribution in [2.75, 3.05) is 7.05 Å². The van der Waals surface area contributed by atoms with Gasteiger partial charge >= 0.3 is 0 Å². The zero-order valence-corrected chi connectivity index (χ0v) is 11.9. The van der Waals surface area contributed by atoms with Crippen LogP contribution in [0.5, 0.6) is 5.75 Å². The largest absolute Gasteiger partial charge is 0.480 e. The number of rotatable bonds is 3. The third kappa shape index (κ3) is 2.38. The summed E-state index contributed by atoms with van der Waals surface area (Å²) in [5, 5.41) is 5.10. The van der Waals surface area contributed by atoms with Crippen LogP contribution < -0.4 is 9.88 Å². The average molecular weight is 296 g/mol. The molecule has 108 valence electrons. The fourth-order valence-electron chi connectivity index (χ4n) is 2.41. The van der Waals surface area contributed by atoms with Crippen LogP contribution in [0, 0.1) is 0 Å². The highest BCUT2D eigenvalue weighted by atomic mass is 32.2. The molecule has 1 amide bonds. The summed E-state index contributed by atoms with van der Waals surface area (Å²) in [4.78, 5) is 14.0. The molecule has 1 aliphatic heterocycles. The number of carbonyl (C=O) groups excluding carboxylic acids is 1. The van der Waals surface area contributed by atoms with E-state index >= 15 is 0 Å². The van der Waals surface area contributed by atoms with Crippen molar-refractivity contribution >= 4 is 15.9 Å². The lowest BCUT2D eigenvalue weighted by Gasteiger charge is -2.20. The fraction of sp³-hybridized carbons (Fsp3) is 0.462. The Morgan fingerprint density at radius 1 is 1.40 bits per heavy atom. The Labute approximate surface area is 117 Å². The minimum atomic E-state index is -3.73. The van der Waals surface area contributed by atoms with Crippen molar-refractivity contribution in [3.8, 4) is 5.75 Å². The van der Waals surface area contributed by atoms with E-state index < -0.39 is 16.1 Å². The van der Waals surface area contributed by atoms with E-state index in [9.17, 15) is 13.2 Å². The number of hydrogen-bond acceptors (Lipinski definition) is 4. The average Bonchev–Trinajstić information content (AvgIpc) is 3.14. The number of fused-ring (bicyclic) bond motifs is 1. The third-order valence-electron chi connectivity index (χ3n) is 3.75. The van der Waals surface area contributed by atoms with Crippen molar-refractivity contribution in [1.29, 1.82) is 0 Å². The van der Waals surface area contributed by atoms with Crippen LogP contribution in [0.25, 0.3) is 0 Å². The molecule has 1 fully saturated rings. The van der Waals surface area contributed by atoms with Crippen LogP contribution in [0.1, 0.15) is 18.4 Å². The molecule has 0 saturated heterocycles. The van der Waals surface area contributed by atoms with Gasteiger partial charge < -0.3 is 9.64 Å². The van der Waals surface area contributed by atoms with Gasteiger partial charge in [-0.15, -0.1) is 0 Å². The van der Waals surface area contributed by atoms with E-state index in [4.69, 9.17) is 9.88 Å². The molecule has 20 heavy (non-hydrogen) atoms. The number of hydrogen-bond donors (Lipinski definition) is 1. The van der Waals surface area contributed by atoms with Gasteiger partial charge in [0.2, 0.25) is 10.0 Å². The SMILES string of the molecule is CN(C(=O)C1Cc2cc(S(N)(=O)=O)ccc2O1)C1CC1. The summed E-state index contributed by atoms with van der Waals surface area (Å²) in [7, 11) is -1.95. The number of primary sulfonamides is 1. The molecule has 1 unspecified atom stereocenters. The number of carbonyl (C=O) groups is 1. The van der Waals surface area contributed by atoms with E-state index in [0.717, 1.165) is 12.8 Å². The number of nitrogens with zero attached hydrogens (tertiary/aromatic N) is 1. The number of ether oxygens (including phenoxy) is 1. The van der Waals surface area contributed by atoms with Crippen LogP contribution in [-0.4, -0.2) is 38.4 Å². The molecule has 0 spiro atoms. The highest BCUT2D eigenvalue weighted by molar-refractivity contribution is 7.89. The summed E-state index contributed by atoms with van der Waals surface area (Å²) in [6, 6.07) is 4.76. The Hall–Kier alpha value is -1.60. The second-order valence-electron chi connectivity index (χ2n) is 5.31. The quantitative estimate of drug-likeness (QED) is 0.866. The monoisotopic (exact) mass is 296 g/mol. The van der Waals surface area contributed by atoms with Gasteiger partial charge in [-0.2, -0.15) is 0 Å². The Kier molecular flexibility index (Phi) is 2.98. The third-order valence-corrected chi connectivity index (χ3v) is 4.66. The first-order valence-corrected chi connectivity index (χ1v) is 8.00. The Morgan fingerprint density at radius 3 is 2.70 bits per heavy atom. The first-order valence-electron chi connectivity index (χ1n) is 6.45. The second kappa shape index (κ2) is 4.46. The van der Waals surface area contributed by atoms with Crippen molar-refractivity contribution in [3.63, 3.8) is 0 Å². The standard InChI is InChI=1S/C13H16N2O4S/c1-15(9-2-3-9)13(16)12-7-8-6-10(20(14,17)18)4-5-11(8)19-12/h4-6,9,12H,2-3,7H2,1H3,(H2,14,17,18). The normalized spacial score (nSPS) is 21.2. The highest BCUT2D eigenvalue weighted by Gasteiger charge is 2.37. The molecule has 2 N–H and O–H groups in total. The molecular formula is C13H16N2O4S. The number of benzene rings is 1. The van der Waals surface area contributed by atoms with Gasteiger partial charge in [0.25, 0.3) is 5.91 Å². The lowest BCUT2D eigenvalue weighted by Crippen LogP contribution is -2.40. The number of amides is 1. The molecule has 6 nitrogen and oxygen atoms in total. The van der Waals surface area contributed by atoms with Crippen molar-refractivity contribution in [3.05, 3.63) is 23.8 Å². The van der Waals surface area contributed by atoms with E-state index in [-0.39, 0.29) is 10.8 Å². The van der Waals surface area contributed by atoms with E-state index in [1.165, 1.54) is 12.1 Å². The van der Waals surface area contributed by atoms with Crippen molar-refractivity contribution < 1.29 is 17.9 Å². The van der Waals surface area contributed by atoms with Gasteiger partial charge in [-0.1, -0.05) is 0 Å². The Bertz CT molecular complexity index is 667. The summed E-state index contributed by atoms with van der Waals surface area (Å²) >= 11 is 0. The minimum absolute atomic E-state index is 0.0449. The maximum absolute atomic E-state index is 12.2. The molecule has 0 bridgehead atoms. The molecule has 1 aromatic carbocycles. The topological polar surface area (TPSA) is 89.7 Å². The predicted molar refractivity (Wildman–Crippen MR) is 71.7 cm³/mol. The number of sulfonamides is 1. The predicted octanol–water partition coefficient (Wildman–Crippen LogP) is 0.258. The van der Waals surface area contributed by atoms with Crippen LogP contribution in [0.2, 0.25) is 0 Å². The molecule has 1 atom stereocenters.